The molecule has 0 radical (unpaired) electrons. The number of ether oxygens (including phenoxy) is 1. The molecule has 1 aliphatic rings. The summed E-state index contributed by atoms with van der Waals surface area (Å²) >= 11 is 4.73. The summed E-state index contributed by atoms with van der Waals surface area (Å²) in [6.45, 7) is 0.669. The lowest BCUT2D eigenvalue weighted by Gasteiger charge is -2.11. The van der Waals surface area contributed by atoms with Crippen molar-refractivity contribution in [3.8, 4) is 0 Å². The summed E-state index contributed by atoms with van der Waals surface area (Å²) < 4.78 is 32.2. The average molecular weight is 326 g/mol. The van der Waals surface area contributed by atoms with Crippen molar-refractivity contribution in [2.24, 2.45) is 0 Å². The van der Waals surface area contributed by atoms with Crippen LogP contribution >= 0.6 is 27.3 Å². The monoisotopic (exact) mass is 325 g/mol. The maximum Gasteiger partial charge on any atom is 0.235 e. The molecule has 1 atom stereocenters. The van der Waals surface area contributed by atoms with Gasteiger partial charge in [-0.2, -0.15) is 0 Å². The maximum atomic E-state index is 11.8. The number of thiophene rings is 1. The van der Waals surface area contributed by atoms with Crippen molar-refractivity contribution in [3.63, 3.8) is 0 Å². The first kappa shape index (κ1) is 12.3. The van der Waals surface area contributed by atoms with Crippen LogP contribution in [0.2, 0.25) is 0 Å². The number of halogens is 1. The van der Waals surface area contributed by atoms with Gasteiger partial charge in [-0.25, -0.2) is 8.42 Å². The Hall–Kier alpha value is -0.110. The summed E-state index contributed by atoms with van der Waals surface area (Å²) in [5, 5.41) is 3.60. The average Bonchev–Trinajstić information content (AvgIpc) is 2.78. The van der Waals surface area contributed by atoms with Crippen molar-refractivity contribution >= 4 is 43.0 Å². The zero-order valence-electron chi connectivity index (χ0n) is 8.48. The Kier molecular flexibility index (Phi) is 3.89. The Morgan fingerprint density at radius 2 is 2.38 bits per heavy atom. The number of sulfonamides is 1. The highest BCUT2D eigenvalue weighted by Gasteiger charge is 2.23. The van der Waals surface area contributed by atoms with Crippen LogP contribution in [-0.2, 0) is 14.8 Å². The Labute approximate surface area is 107 Å². The van der Waals surface area contributed by atoms with E-state index in [1.807, 2.05) is 5.38 Å². The van der Waals surface area contributed by atoms with E-state index >= 15 is 0 Å². The van der Waals surface area contributed by atoms with Crippen molar-refractivity contribution in [1.29, 1.82) is 0 Å². The Bertz CT molecular complexity index is 451. The van der Waals surface area contributed by atoms with Gasteiger partial charge in [-0.1, -0.05) is 0 Å². The summed E-state index contributed by atoms with van der Waals surface area (Å²) in [5.74, 6) is 0.0370. The third-order valence-corrected chi connectivity index (χ3v) is 5.35. The molecule has 2 rings (SSSR count). The van der Waals surface area contributed by atoms with Crippen molar-refractivity contribution in [2.45, 2.75) is 18.9 Å². The molecule has 1 fully saturated rings. The van der Waals surface area contributed by atoms with Crippen molar-refractivity contribution in [3.05, 3.63) is 15.2 Å². The lowest BCUT2D eigenvalue weighted by Crippen LogP contribution is -2.25. The van der Waals surface area contributed by atoms with E-state index in [2.05, 4.69) is 20.7 Å². The fraction of sp³-hybridized carbons (Fsp3) is 0.556. The van der Waals surface area contributed by atoms with E-state index in [9.17, 15) is 8.42 Å². The second-order valence-electron chi connectivity index (χ2n) is 3.65. The molecule has 1 aliphatic heterocycles. The molecular formula is C9H12BrNO3S2. The van der Waals surface area contributed by atoms with E-state index in [1.54, 1.807) is 5.38 Å². The van der Waals surface area contributed by atoms with E-state index in [4.69, 9.17) is 4.74 Å². The lowest BCUT2D eigenvalue weighted by atomic mass is 10.3. The van der Waals surface area contributed by atoms with Gasteiger partial charge in [0.25, 0.3) is 0 Å². The molecule has 1 unspecified atom stereocenters. The Morgan fingerprint density at radius 1 is 1.56 bits per heavy atom. The van der Waals surface area contributed by atoms with Crippen molar-refractivity contribution < 1.29 is 13.2 Å². The van der Waals surface area contributed by atoms with Crippen LogP contribution in [0.15, 0.2) is 15.2 Å². The van der Waals surface area contributed by atoms with E-state index in [0.717, 1.165) is 17.3 Å². The van der Waals surface area contributed by atoms with Crippen molar-refractivity contribution in [1.82, 2.24) is 0 Å². The van der Waals surface area contributed by atoms with Crippen LogP contribution in [0.4, 0.5) is 5.69 Å². The van der Waals surface area contributed by atoms with E-state index in [0.29, 0.717) is 12.3 Å². The number of hydrogen-bond donors (Lipinski definition) is 1. The zero-order chi connectivity index (χ0) is 11.6. The molecule has 4 nitrogen and oxygen atoms in total. The maximum absolute atomic E-state index is 11.8. The third kappa shape index (κ3) is 3.19. The predicted molar refractivity (Wildman–Crippen MR) is 68.4 cm³/mol. The van der Waals surface area contributed by atoms with Crippen LogP contribution in [-0.4, -0.2) is 26.9 Å². The number of nitrogens with one attached hydrogen (secondary N) is 1. The number of rotatable bonds is 4. The molecule has 16 heavy (non-hydrogen) atoms. The van der Waals surface area contributed by atoms with Crippen molar-refractivity contribution in [2.75, 3.05) is 17.1 Å². The second-order valence-corrected chi connectivity index (χ2v) is 7.02. The molecule has 1 aromatic heterocycles. The molecule has 7 heteroatoms. The fourth-order valence-corrected chi connectivity index (χ4v) is 4.45. The van der Waals surface area contributed by atoms with E-state index in [1.165, 1.54) is 11.3 Å². The van der Waals surface area contributed by atoms with Crippen LogP contribution < -0.4 is 4.72 Å². The molecule has 0 saturated carbocycles. The molecular weight excluding hydrogens is 314 g/mol. The zero-order valence-corrected chi connectivity index (χ0v) is 11.7. The molecule has 0 aliphatic carbocycles. The van der Waals surface area contributed by atoms with Crippen LogP contribution in [0.1, 0.15) is 12.8 Å². The quantitative estimate of drug-likeness (QED) is 0.925. The highest BCUT2D eigenvalue weighted by Crippen LogP contribution is 2.27. The van der Waals surface area contributed by atoms with Gasteiger partial charge in [0, 0.05) is 17.4 Å². The molecule has 90 valence electrons. The Morgan fingerprint density at radius 3 is 2.94 bits per heavy atom. The first-order valence-corrected chi connectivity index (χ1v) is 8.29. The van der Waals surface area contributed by atoms with E-state index < -0.39 is 10.0 Å². The van der Waals surface area contributed by atoms with Gasteiger partial charge < -0.3 is 4.74 Å². The normalized spacial score (nSPS) is 21.2. The molecule has 1 aromatic rings. The van der Waals surface area contributed by atoms with Gasteiger partial charge in [-0.05, 0) is 28.8 Å². The fourth-order valence-electron chi connectivity index (χ4n) is 1.58. The SMILES string of the molecule is O=S(=O)(CC1CCCO1)Nc1cscc1Br. The first-order valence-electron chi connectivity index (χ1n) is 4.90. The summed E-state index contributed by atoms with van der Waals surface area (Å²) in [4.78, 5) is 0. The molecule has 0 amide bonds. The summed E-state index contributed by atoms with van der Waals surface area (Å²) in [6, 6.07) is 0. The third-order valence-electron chi connectivity index (χ3n) is 2.31. The highest BCUT2D eigenvalue weighted by atomic mass is 79.9. The van der Waals surface area contributed by atoms with Gasteiger partial charge in [-0.3, -0.25) is 4.72 Å². The largest absolute Gasteiger partial charge is 0.377 e. The molecule has 0 bridgehead atoms. The molecule has 0 aromatic carbocycles. The van der Waals surface area contributed by atoms with Gasteiger partial charge in [0.15, 0.2) is 0 Å². The second kappa shape index (κ2) is 5.03. The van der Waals surface area contributed by atoms with Crippen LogP contribution in [0.3, 0.4) is 0 Å². The number of hydrogen-bond acceptors (Lipinski definition) is 4. The highest BCUT2D eigenvalue weighted by molar-refractivity contribution is 9.10. The summed E-state index contributed by atoms with van der Waals surface area (Å²) in [5.41, 5.74) is 0.600. The van der Waals surface area contributed by atoms with Gasteiger partial charge in [-0.15, -0.1) is 11.3 Å². The van der Waals surface area contributed by atoms with E-state index in [-0.39, 0.29) is 11.9 Å². The number of anilines is 1. The Balaban J connectivity index is 2.00. The smallest absolute Gasteiger partial charge is 0.235 e. The molecule has 0 spiro atoms. The minimum absolute atomic E-state index is 0.0370. The lowest BCUT2D eigenvalue weighted by molar-refractivity contribution is 0.127. The standard InChI is InChI=1S/C9H12BrNO3S2/c10-8-4-15-5-9(8)11-16(12,13)6-7-2-1-3-14-7/h4-5,7,11H,1-3,6H2. The minimum atomic E-state index is -3.31. The molecule has 1 N–H and O–H groups in total. The van der Waals surface area contributed by atoms with Gasteiger partial charge in [0.05, 0.1) is 22.0 Å². The van der Waals surface area contributed by atoms with Crippen LogP contribution in [0.25, 0.3) is 0 Å². The first-order chi connectivity index (χ1) is 7.57. The molecule has 1 saturated heterocycles. The topological polar surface area (TPSA) is 55.4 Å². The summed E-state index contributed by atoms with van der Waals surface area (Å²) in [6.07, 6.45) is 1.61. The van der Waals surface area contributed by atoms with Crippen LogP contribution in [0.5, 0.6) is 0 Å². The predicted octanol–water partition coefficient (Wildman–Crippen LogP) is 2.43. The summed E-state index contributed by atoms with van der Waals surface area (Å²) in [7, 11) is -3.31. The molecule has 2 heterocycles. The van der Waals surface area contributed by atoms with Gasteiger partial charge in [0.2, 0.25) is 10.0 Å². The van der Waals surface area contributed by atoms with Gasteiger partial charge >= 0.3 is 0 Å². The van der Waals surface area contributed by atoms with Crippen LogP contribution in [0, 0.1) is 0 Å². The van der Waals surface area contributed by atoms with Gasteiger partial charge in [0.1, 0.15) is 0 Å². The minimum Gasteiger partial charge on any atom is -0.377 e.